The lowest BCUT2D eigenvalue weighted by Crippen LogP contribution is -2.40. The zero-order chi connectivity index (χ0) is 16.4. The van der Waals surface area contributed by atoms with Gasteiger partial charge in [-0.3, -0.25) is 0 Å². The topological polar surface area (TPSA) is 64.6 Å². The van der Waals surface area contributed by atoms with Gasteiger partial charge in [-0.05, 0) is 30.3 Å². The van der Waals surface area contributed by atoms with E-state index in [9.17, 15) is 8.42 Å². The summed E-state index contributed by atoms with van der Waals surface area (Å²) in [5.41, 5.74) is 0. The van der Waals surface area contributed by atoms with Gasteiger partial charge in [0.15, 0.2) is 11.5 Å². The summed E-state index contributed by atoms with van der Waals surface area (Å²) in [7, 11) is -3.74. The van der Waals surface area contributed by atoms with Crippen LogP contribution < -0.4 is 14.2 Å². The number of hydrogen-bond donors (Lipinski definition) is 1. The van der Waals surface area contributed by atoms with Crippen molar-refractivity contribution in [3.8, 4) is 11.5 Å². The van der Waals surface area contributed by atoms with E-state index < -0.39 is 16.1 Å². The molecule has 1 aliphatic rings. The fourth-order valence-corrected chi connectivity index (χ4v) is 3.92. The standard InChI is InChI=1S/C15H13Cl2NO4S/c16-10-5-11(17)7-13(6-10)23(19,20)18-8-12-9-21-14-3-1-2-4-15(14)22-12/h1-7,12,18H,8-9H2. The molecule has 0 aliphatic carbocycles. The molecular weight excluding hydrogens is 361 g/mol. The van der Waals surface area contributed by atoms with E-state index in [0.717, 1.165) is 0 Å². The van der Waals surface area contributed by atoms with Gasteiger partial charge >= 0.3 is 0 Å². The Kier molecular flexibility index (Phi) is 4.68. The highest BCUT2D eigenvalue weighted by Crippen LogP contribution is 2.30. The molecule has 2 aromatic carbocycles. The van der Waals surface area contributed by atoms with E-state index in [1.165, 1.54) is 18.2 Å². The molecule has 0 radical (unpaired) electrons. The van der Waals surface area contributed by atoms with Crippen molar-refractivity contribution >= 4 is 33.2 Å². The summed E-state index contributed by atoms with van der Waals surface area (Å²) in [6, 6.07) is 11.4. The first-order chi connectivity index (χ1) is 10.9. The Morgan fingerprint density at radius 3 is 2.43 bits per heavy atom. The van der Waals surface area contributed by atoms with Gasteiger partial charge in [-0.1, -0.05) is 35.3 Å². The molecule has 23 heavy (non-hydrogen) atoms. The Hall–Kier alpha value is -1.47. The number of halogens is 2. The van der Waals surface area contributed by atoms with Gasteiger partial charge in [0.1, 0.15) is 12.7 Å². The first kappa shape index (κ1) is 16.4. The first-order valence-corrected chi connectivity index (χ1v) is 9.02. The maximum atomic E-state index is 12.3. The second kappa shape index (κ2) is 6.57. The molecule has 3 rings (SSSR count). The van der Waals surface area contributed by atoms with Crippen LogP contribution in [0.25, 0.3) is 0 Å². The summed E-state index contributed by atoms with van der Waals surface area (Å²) < 4.78 is 38.3. The van der Waals surface area contributed by atoms with Gasteiger partial charge in [0.2, 0.25) is 10.0 Å². The fraction of sp³-hybridized carbons (Fsp3) is 0.200. The normalized spacial score (nSPS) is 17.0. The van der Waals surface area contributed by atoms with Crippen molar-refractivity contribution in [2.24, 2.45) is 0 Å². The van der Waals surface area contributed by atoms with Crippen LogP contribution in [0.4, 0.5) is 0 Å². The molecule has 122 valence electrons. The Bertz CT molecular complexity index is 806. The van der Waals surface area contributed by atoms with Gasteiger partial charge in [0.05, 0.1) is 11.4 Å². The van der Waals surface area contributed by atoms with E-state index in [0.29, 0.717) is 11.5 Å². The molecule has 1 atom stereocenters. The number of nitrogens with one attached hydrogen (secondary N) is 1. The van der Waals surface area contributed by atoms with Crippen molar-refractivity contribution in [1.82, 2.24) is 4.72 Å². The number of sulfonamides is 1. The van der Waals surface area contributed by atoms with Crippen molar-refractivity contribution in [2.75, 3.05) is 13.2 Å². The van der Waals surface area contributed by atoms with Crippen molar-refractivity contribution in [2.45, 2.75) is 11.0 Å². The molecule has 0 spiro atoms. The van der Waals surface area contributed by atoms with Crippen LogP contribution in [0.1, 0.15) is 0 Å². The van der Waals surface area contributed by atoms with Gasteiger partial charge in [-0.2, -0.15) is 0 Å². The minimum atomic E-state index is -3.74. The predicted molar refractivity (Wildman–Crippen MR) is 88.0 cm³/mol. The van der Waals surface area contributed by atoms with Crippen LogP contribution in [0, 0.1) is 0 Å². The van der Waals surface area contributed by atoms with Gasteiger partial charge in [0, 0.05) is 10.0 Å². The van der Waals surface area contributed by atoms with E-state index in [4.69, 9.17) is 32.7 Å². The summed E-state index contributed by atoms with van der Waals surface area (Å²) in [6.07, 6.45) is -0.422. The lowest BCUT2D eigenvalue weighted by Gasteiger charge is -2.26. The van der Waals surface area contributed by atoms with E-state index in [1.807, 2.05) is 12.1 Å². The second-order valence-corrected chi connectivity index (χ2v) is 7.59. The molecule has 5 nitrogen and oxygen atoms in total. The summed E-state index contributed by atoms with van der Waals surface area (Å²) in [6.45, 7) is 0.330. The average molecular weight is 374 g/mol. The minimum absolute atomic E-state index is 0.00660. The molecule has 0 saturated carbocycles. The third-order valence-electron chi connectivity index (χ3n) is 3.21. The summed E-state index contributed by atoms with van der Waals surface area (Å²) in [4.78, 5) is 0.00660. The molecule has 1 aliphatic heterocycles. The molecule has 1 N–H and O–H groups in total. The minimum Gasteiger partial charge on any atom is -0.486 e. The second-order valence-electron chi connectivity index (χ2n) is 4.95. The van der Waals surface area contributed by atoms with Crippen LogP contribution in [0.3, 0.4) is 0 Å². The Morgan fingerprint density at radius 2 is 1.74 bits per heavy atom. The quantitative estimate of drug-likeness (QED) is 0.893. The Balaban J connectivity index is 1.68. The Morgan fingerprint density at radius 1 is 1.09 bits per heavy atom. The fourth-order valence-electron chi connectivity index (χ4n) is 2.13. The monoisotopic (exact) mass is 373 g/mol. The highest BCUT2D eigenvalue weighted by Gasteiger charge is 2.23. The van der Waals surface area contributed by atoms with Crippen molar-refractivity contribution in [3.63, 3.8) is 0 Å². The van der Waals surface area contributed by atoms with Crippen molar-refractivity contribution < 1.29 is 17.9 Å². The van der Waals surface area contributed by atoms with Crippen LogP contribution >= 0.6 is 23.2 Å². The van der Waals surface area contributed by atoms with Crippen LogP contribution in [-0.2, 0) is 10.0 Å². The molecule has 1 unspecified atom stereocenters. The van der Waals surface area contributed by atoms with Crippen molar-refractivity contribution in [1.29, 1.82) is 0 Å². The molecule has 8 heteroatoms. The number of para-hydroxylation sites is 2. The number of benzene rings is 2. The van der Waals surface area contributed by atoms with Gasteiger partial charge in [0.25, 0.3) is 0 Å². The van der Waals surface area contributed by atoms with E-state index in [1.54, 1.807) is 12.1 Å². The summed E-state index contributed by atoms with van der Waals surface area (Å²) in [5, 5.41) is 0.508. The number of fused-ring (bicyclic) bond motifs is 1. The highest BCUT2D eigenvalue weighted by atomic mass is 35.5. The molecule has 0 amide bonds. The van der Waals surface area contributed by atoms with E-state index >= 15 is 0 Å². The third-order valence-corrected chi connectivity index (χ3v) is 5.05. The van der Waals surface area contributed by atoms with Gasteiger partial charge < -0.3 is 9.47 Å². The molecule has 0 bridgehead atoms. The lowest BCUT2D eigenvalue weighted by molar-refractivity contribution is 0.0943. The SMILES string of the molecule is O=S(=O)(NCC1COc2ccccc2O1)c1cc(Cl)cc(Cl)c1. The largest absolute Gasteiger partial charge is 0.486 e. The first-order valence-electron chi connectivity index (χ1n) is 6.78. The smallest absolute Gasteiger partial charge is 0.240 e. The van der Waals surface area contributed by atoms with Crippen molar-refractivity contribution in [3.05, 3.63) is 52.5 Å². The number of hydrogen-bond acceptors (Lipinski definition) is 4. The molecule has 0 saturated heterocycles. The molecule has 2 aromatic rings. The lowest BCUT2D eigenvalue weighted by atomic mass is 10.2. The Labute approximate surface area is 144 Å². The molecular formula is C15H13Cl2NO4S. The van der Waals surface area contributed by atoms with Gasteiger partial charge in [-0.15, -0.1) is 0 Å². The average Bonchev–Trinajstić information content (AvgIpc) is 2.52. The predicted octanol–water partition coefficient (Wildman–Crippen LogP) is 3.11. The summed E-state index contributed by atoms with van der Waals surface area (Å²) in [5.74, 6) is 1.24. The van der Waals surface area contributed by atoms with E-state index in [2.05, 4.69) is 4.72 Å². The van der Waals surface area contributed by atoms with Gasteiger partial charge in [-0.25, -0.2) is 13.1 Å². The van der Waals surface area contributed by atoms with Crippen LogP contribution in [-0.4, -0.2) is 27.7 Å². The van der Waals surface area contributed by atoms with E-state index in [-0.39, 0.29) is 28.1 Å². The molecule has 0 aromatic heterocycles. The molecule has 1 heterocycles. The van der Waals surface area contributed by atoms with Crippen LogP contribution in [0.15, 0.2) is 47.4 Å². The van der Waals surface area contributed by atoms with Crippen LogP contribution in [0.5, 0.6) is 11.5 Å². The molecule has 0 fully saturated rings. The number of rotatable bonds is 4. The van der Waals surface area contributed by atoms with Crippen LogP contribution in [0.2, 0.25) is 10.0 Å². The zero-order valence-corrected chi connectivity index (χ0v) is 14.2. The maximum Gasteiger partial charge on any atom is 0.240 e. The number of ether oxygens (including phenoxy) is 2. The highest BCUT2D eigenvalue weighted by molar-refractivity contribution is 7.89. The third kappa shape index (κ3) is 3.90. The summed E-state index contributed by atoms with van der Waals surface area (Å²) >= 11 is 11.7. The maximum absolute atomic E-state index is 12.3. The zero-order valence-electron chi connectivity index (χ0n) is 11.8.